The van der Waals surface area contributed by atoms with Gasteiger partial charge in [-0.2, -0.15) is 0 Å². The summed E-state index contributed by atoms with van der Waals surface area (Å²) in [5.41, 5.74) is 3.13. The first-order chi connectivity index (χ1) is 14.2. The van der Waals surface area contributed by atoms with E-state index in [0.717, 1.165) is 35.5 Å². The molecular weight excluding hydrogens is 382 g/mol. The van der Waals surface area contributed by atoms with Crippen molar-refractivity contribution in [2.75, 3.05) is 13.1 Å². The van der Waals surface area contributed by atoms with E-state index >= 15 is 0 Å². The fraction of sp³-hybridized carbons (Fsp3) is 0.261. The van der Waals surface area contributed by atoms with Crippen LogP contribution in [0.3, 0.4) is 0 Å². The number of fused-ring (bicyclic) bond motifs is 1. The number of carbonyl (C=O) groups excluding carboxylic acids is 1. The maximum Gasteiger partial charge on any atom is 0.259 e. The zero-order valence-corrected chi connectivity index (χ0v) is 17.0. The molecule has 0 saturated carbocycles. The molecular formula is C23H21N3O2S. The van der Waals surface area contributed by atoms with Gasteiger partial charge in [-0.3, -0.25) is 4.79 Å². The predicted molar refractivity (Wildman–Crippen MR) is 114 cm³/mol. The van der Waals surface area contributed by atoms with E-state index in [4.69, 9.17) is 9.51 Å². The molecule has 0 aliphatic carbocycles. The van der Waals surface area contributed by atoms with Gasteiger partial charge in [0.05, 0.1) is 15.2 Å². The number of benzene rings is 2. The lowest BCUT2D eigenvalue weighted by molar-refractivity contribution is 0.0706. The maximum atomic E-state index is 13.4. The molecule has 2 aromatic heterocycles. The molecule has 1 aliphatic rings. The molecule has 2 aromatic carbocycles. The zero-order valence-electron chi connectivity index (χ0n) is 16.2. The number of thiazole rings is 1. The van der Waals surface area contributed by atoms with Crippen LogP contribution in [-0.4, -0.2) is 34.0 Å². The summed E-state index contributed by atoms with van der Waals surface area (Å²) in [5.74, 6) is 0.829. The van der Waals surface area contributed by atoms with Gasteiger partial charge in [-0.25, -0.2) is 4.98 Å². The minimum absolute atomic E-state index is 0.00610. The highest BCUT2D eigenvalue weighted by molar-refractivity contribution is 7.18. The highest BCUT2D eigenvalue weighted by Gasteiger charge is 2.31. The van der Waals surface area contributed by atoms with Crippen molar-refractivity contribution < 1.29 is 9.32 Å². The summed E-state index contributed by atoms with van der Waals surface area (Å²) in [7, 11) is 0. The number of piperidine rings is 1. The largest absolute Gasteiger partial charge is 0.360 e. The topological polar surface area (TPSA) is 59.2 Å². The number of likely N-dealkylation sites (tertiary alicyclic amines) is 1. The fourth-order valence-electron chi connectivity index (χ4n) is 4.00. The van der Waals surface area contributed by atoms with Crippen molar-refractivity contribution >= 4 is 27.5 Å². The Hall–Kier alpha value is -2.99. The second-order valence-corrected chi connectivity index (χ2v) is 8.50. The third kappa shape index (κ3) is 3.34. The van der Waals surface area contributed by atoms with Crippen LogP contribution in [0.15, 0.2) is 59.1 Å². The van der Waals surface area contributed by atoms with Gasteiger partial charge in [-0.05, 0) is 31.9 Å². The van der Waals surface area contributed by atoms with Crippen molar-refractivity contribution in [1.29, 1.82) is 0 Å². The molecule has 0 N–H and O–H groups in total. The Morgan fingerprint density at radius 3 is 2.76 bits per heavy atom. The van der Waals surface area contributed by atoms with Crippen molar-refractivity contribution in [2.24, 2.45) is 0 Å². The van der Waals surface area contributed by atoms with Gasteiger partial charge in [-0.1, -0.05) is 47.6 Å². The molecule has 4 aromatic rings. The molecule has 5 rings (SSSR count). The van der Waals surface area contributed by atoms with E-state index in [1.807, 2.05) is 60.4 Å². The number of aromatic nitrogens is 2. The number of amides is 1. The van der Waals surface area contributed by atoms with Crippen molar-refractivity contribution in [2.45, 2.75) is 25.7 Å². The molecule has 1 amide bonds. The predicted octanol–water partition coefficient (Wildman–Crippen LogP) is 5.28. The molecule has 5 nitrogen and oxygen atoms in total. The molecule has 0 unspecified atom stereocenters. The van der Waals surface area contributed by atoms with Crippen LogP contribution in [0.25, 0.3) is 21.5 Å². The van der Waals surface area contributed by atoms with Crippen LogP contribution in [0.2, 0.25) is 0 Å². The lowest BCUT2D eigenvalue weighted by Gasteiger charge is -2.31. The number of hydrogen-bond donors (Lipinski definition) is 0. The minimum Gasteiger partial charge on any atom is -0.360 e. The van der Waals surface area contributed by atoms with E-state index in [1.54, 1.807) is 11.3 Å². The summed E-state index contributed by atoms with van der Waals surface area (Å²) >= 11 is 1.74. The normalized spacial score (nSPS) is 17.0. The van der Waals surface area contributed by atoms with Crippen LogP contribution in [0, 0.1) is 6.92 Å². The van der Waals surface area contributed by atoms with E-state index in [1.165, 1.54) is 4.70 Å². The Balaban J connectivity index is 1.43. The first-order valence-corrected chi connectivity index (χ1v) is 10.7. The fourth-order valence-corrected chi connectivity index (χ4v) is 5.10. The van der Waals surface area contributed by atoms with Crippen molar-refractivity contribution in [3.05, 3.63) is 70.9 Å². The molecule has 1 aliphatic heterocycles. The Morgan fingerprint density at radius 2 is 1.93 bits per heavy atom. The van der Waals surface area contributed by atoms with Gasteiger partial charge in [0.15, 0.2) is 0 Å². The molecule has 1 fully saturated rings. The summed E-state index contributed by atoms with van der Waals surface area (Å²) < 4.78 is 6.61. The van der Waals surface area contributed by atoms with Gasteiger partial charge in [0, 0.05) is 24.6 Å². The van der Waals surface area contributed by atoms with Gasteiger partial charge in [0.25, 0.3) is 5.91 Å². The van der Waals surface area contributed by atoms with E-state index in [2.05, 4.69) is 11.2 Å². The van der Waals surface area contributed by atoms with Gasteiger partial charge in [0.2, 0.25) is 0 Å². The summed E-state index contributed by atoms with van der Waals surface area (Å²) in [6.45, 7) is 3.23. The molecule has 6 heteroatoms. The molecule has 0 spiro atoms. The van der Waals surface area contributed by atoms with Gasteiger partial charge in [-0.15, -0.1) is 11.3 Å². The average molecular weight is 404 g/mol. The lowest BCUT2D eigenvalue weighted by Crippen LogP contribution is -2.39. The highest BCUT2D eigenvalue weighted by Crippen LogP contribution is 2.34. The minimum atomic E-state index is -0.00610. The summed E-state index contributed by atoms with van der Waals surface area (Å²) in [6, 6.07) is 18.0. The van der Waals surface area contributed by atoms with E-state index in [0.29, 0.717) is 23.6 Å². The number of para-hydroxylation sites is 1. The summed E-state index contributed by atoms with van der Waals surface area (Å²) in [5, 5.41) is 5.29. The standard InChI is InChI=1S/C23H21N3O2S/c1-15-20(21(25-28-15)16-8-3-2-4-9-16)23(27)26-13-7-10-17(14-26)22-24-18-11-5-6-12-19(18)29-22/h2-6,8-9,11-12,17H,7,10,13-14H2,1H3/t17-/m1/s1. The van der Waals surface area contributed by atoms with E-state index < -0.39 is 0 Å². The smallest absolute Gasteiger partial charge is 0.259 e. The number of hydrogen-bond acceptors (Lipinski definition) is 5. The summed E-state index contributed by atoms with van der Waals surface area (Å²) in [4.78, 5) is 20.2. The summed E-state index contributed by atoms with van der Waals surface area (Å²) in [6.07, 6.45) is 2.02. The number of nitrogens with zero attached hydrogens (tertiary/aromatic N) is 3. The average Bonchev–Trinajstić information content (AvgIpc) is 3.37. The van der Waals surface area contributed by atoms with Crippen LogP contribution >= 0.6 is 11.3 Å². The van der Waals surface area contributed by atoms with Crippen LogP contribution in [-0.2, 0) is 0 Å². The Kier molecular flexibility index (Phi) is 4.64. The third-order valence-electron chi connectivity index (χ3n) is 5.49. The SMILES string of the molecule is Cc1onc(-c2ccccc2)c1C(=O)N1CCC[C@@H](c2nc3ccccc3s2)C1. The van der Waals surface area contributed by atoms with Gasteiger partial charge in [0.1, 0.15) is 17.0 Å². The lowest BCUT2D eigenvalue weighted by atomic mass is 9.97. The van der Waals surface area contributed by atoms with E-state index in [9.17, 15) is 4.79 Å². The van der Waals surface area contributed by atoms with Gasteiger partial charge >= 0.3 is 0 Å². The van der Waals surface area contributed by atoms with Gasteiger partial charge < -0.3 is 9.42 Å². The second-order valence-electron chi connectivity index (χ2n) is 7.44. The van der Waals surface area contributed by atoms with Crippen molar-refractivity contribution in [3.8, 4) is 11.3 Å². The number of carbonyl (C=O) groups is 1. The molecule has 0 bridgehead atoms. The van der Waals surface area contributed by atoms with Crippen LogP contribution in [0.1, 0.15) is 39.9 Å². The molecule has 146 valence electrons. The monoisotopic (exact) mass is 403 g/mol. The van der Waals surface area contributed by atoms with Crippen molar-refractivity contribution in [3.63, 3.8) is 0 Å². The second kappa shape index (κ2) is 7.44. The van der Waals surface area contributed by atoms with E-state index in [-0.39, 0.29) is 11.8 Å². The van der Waals surface area contributed by atoms with Crippen molar-refractivity contribution in [1.82, 2.24) is 15.0 Å². The molecule has 0 radical (unpaired) electrons. The molecule has 3 heterocycles. The maximum absolute atomic E-state index is 13.4. The van der Waals surface area contributed by atoms with Crippen LogP contribution in [0.4, 0.5) is 0 Å². The number of aryl methyl sites for hydroxylation is 1. The highest BCUT2D eigenvalue weighted by atomic mass is 32.1. The Morgan fingerprint density at radius 1 is 1.14 bits per heavy atom. The Labute approximate surface area is 173 Å². The molecule has 29 heavy (non-hydrogen) atoms. The molecule has 1 atom stereocenters. The first-order valence-electron chi connectivity index (χ1n) is 9.87. The van der Waals surface area contributed by atoms with Crippen LogP contribution < -0.4 is 0 Å². The number of rotatable bonds is 3. The quantitative estimate of drug-likeness (QED) is 0.467. The third-order valence-corrected chi connectivity index (χ3v) is 6.69. The first kappa shape index (κ1) is 18.1. The zero-order chi connectivity index (χ0) is 19.8. The Bertz CT molecular complexity index is 1130. The van der Waals surface area contributed by atoms with Crippen LogP contribution in [0.5, 0.6) is 0 Å². The molecule has 1 saturated heterocycles.